The fraction of sp³-hybridized carbons (Fsp3) is 0.222. The molecule has 3 rings (SSSR count). The fourth-order valence-corrected chi connectivity index (χ4v) is 3.38. The zero-order valence-corrected chi connectivity index (χ0v) is 14.7. The smallest absolute Gasteiger partial charge is 0.408 e. The van der Waals surface area contributed by atoms with Crippen LogP contribution in [0.3, 0.4) is 0 Å². The molecule has 1 heterocycles. The van der Waals surface area contributed by atoms with Crippen LogP contribution in [0.15, 0.2) is 53.0 Å². The summed E-state index contributed by atoms with van der Waals surface area (Å²) in [5, 5.41) is 12.5. The first kappa shape index (κ1) is 16.5. The first-order chi connectivity index (χ1) is 11.4. The van der Waals surface area contributed by atoms with Crippen LogP contribution in [0.1, 0.15) is 18.1 Å². The summed E-state index contributed by atoms with van der Waals surface area (Å²) in [6, 6.07) is 14.9. The van der Waals surface area contributed by atoms with Crippen molar-refractivity contribution in [2.45, 2.75) is 25.4 Å². The van der Waals surface area contributed by atoms with Crippen LogP contribution < -0.4 is 5.32 Å². The number of halogens is 1. The molecular weight excluding hydrogens is 372 g/mol. The summed E-state index contributed by atoms with van der Waals surface area (Å²) in [5.74, 6) is -0.310. The molecule has 1 aliphatic rings. The van der Waals surface area contributed by atoms with Gasteiger partial charge in [0.15, 0.2) is 0 Å². The van der Waals surface area contributed by atoms with Gasteiger partial charge in [-0.3, -0.25) is 9.69 Å². The second kappa shape index (κ2) is 6.28. The van der Waals surface area contributed by atoms with Crippen LogP contribution in [0.4, 0.5) is 10.5 Å². The lowest BCUT2D eigenvalue weighted by Gasteiger charge is -2.41. The highest BCUT2D eigenvalue weighted by Crippen LogP contribution is 2.34. The monoisotopic (exact) mass is 388 g/mol. The van der Waals surface area contributed by atoms with Crippen LogP contribution >= 0.6 is 15.9 Å². The average molecular weight is 389 g/mol. The maximum atomic E-state index is 12.7. The molecule has 0 aromatic heterocycles. The van der Waals surface area contributed by atoms with Gasteiger partial charge in [0.1, 0.15) is 5.54 Å². The number of anilines is 1. The fourth-order valence-electron chi connectivity index (χ4n) is 2.98. The average Bonchev–Trinajstić information content (AvgIpc) is 2.55. The molecule has 2 aromatic carbocycles. The molecule has 2 amide bonds. The molecule has 0 saturated heterocycles. The Kier molecular flexibility index (Phi) is 4.32. The van der Waals surface area contributed by atoms with Crippen molar-refractivity contribution >= 4 is 33.6 Å². The number of benzene rings is 2. The summed E-state index contributed by atoms with van der Waals surface area (Å²) < 4.78 is 0.893. The van der Waals surface area contributed by atoms with Crippen molar-refractivity contribution in [2.75, 3.05) is 5.32 Å². The van der Waals surface area contributed by atoms with E-state index in [0.29, 0.717) is 6.42 Å². The first-order valence-electron chi connectivity index (χ1n) is 7.54. The zero-order valence-electron chi connectivity index (χ0n) is 13.1. The SMILES string of the molecule is CC1(N(Cc2ccccc2)C(=O)O)Cc2cc(Br)ccc2NC1=O. The van der Waals surface area contributed by atoms with Crippen molar-refractivity contribution in [1.82, 2.24) is 4.90 Å². The Morgan fingerprint density at radius 2 is 2.00 bits per heavy atom. The van der Waals surface area contributed by atoms with Gasteiger partial charge in [0.25, 0.3) is 5.91 Å². The number of carbonyl (C=O) groups excluding carboxylic acids is 1. The number of carboxylic acid groups (broad SMARTS) is 1. The van der Waals surface area contributed by atoms with Crippen molar-refractivity contribution < 1.29 is 14.7 Å². The van der Waals surface area contributed by atoms with Crippen molar-refractivity contribution in [1.29, 1.82) is 0 Å². The van der Waals surface area contributed by atoms with Gasteiger partial charge in [-0.25, -0.2) is 4.79 Å². The number of hydrogen-bond donors (Lipinski definition) is 2. The predicted octanol–water partition coefficient (Wildman–Crippen LogP) is 3.88. The third kappa shape index (κ3) is 3.01. The Bertz CT molecular complexity index is 794. The molecular formula is C18H17BrN2O3. The largest absolute Gasteiger partial charge is 0.465 e. The van der Waals surface area contributed by atoms with E-state index in [9.17, 15) is 14.7 Å². The highest BCUT2D eigenvalue weighted by atomic mass is 79.9. The molecule has 0 fully saturated rings. The minimum atomic E-state index is -1.17. The van der Waals surface area contributed by atoms with Crippen molar-refractivity contribution in [2.24, 2.45) is 0 Å². The number of nitrogens with one attached hydrogen (secondary N) is 1. The Labute approximate surface area is 148 Å². The zero-order chi connectivity index (χ0) is 17.3. The van der Waals surface area contributed by atoms with Crippen LogP contribution in [0.5, 0.6) is 0 Å². The van der Waals surface area contributed by atoms with Gasteiger partial charge in [-0.2, -0.15) is 0 Å². The number of nitrogens with zero attached hydrogens (tertiary/aromatic N) is 1. The molecule has 5 nitrogen and oxygen atoms in total. The summed E-state index contributed by atoms with van der Waals surface area (Å²) in [6.07, 6.45) is -0.790. The summed E-state index contributed by atoms with van der Waals surface area (Å²) >= 11 is 3.42. The van der Waals surface area contributed by atoms with Gasteiger partial charge in [-0.1, -0.05) is 46.3 Å². The van der Waals surface area contributed by atoms with E-state index in [1.807, 2.05) is 48.5 Å². The Balaban J connectivity index is 1.97. The number of rotatable bonds is 3. The number of fused-ring (bicyclic) bond motifs is 1. The van der Waals surface area contributed by atoms with E-state index in [1.165, 1.54) is 4.90 Å². The van der Waals surface area contributed by atoms with E-state index < -0.39 is 11.6 Å². The topological polar surface area (TPSA) is 69.6 Å². The second-order valence-electron chi connectivity index (χ2n) is 6.06. The first-order valence-corrected chi connectivity index (χ1v) is 8.34. The lowest BCUT2D eigenvalue weighted by molar-refractivity contribution is -0.127. The molecule has 2 N–H and O–H groups in total. The van der Waals surface area contributed by atoms with Gasteiger partial charge in [-0.05, 0) is 36.2 Å². The van der Waals surface area contributed by atoms with Crippen LogP contribution in [0.2, 0.25) is 0 Å². The summed E-state index contributed by atoms with van der Waals surface area (Å²) in [7, 11) is 0. The third-order valence-corrected chi connectivity index (χ3v) is 4.84. The standard InChI is InChI=1S/C18H17BrN2O3/c1-18(21(17(23)24)11-12-5-3-2-4-6-12)10-13-9-14(19)7-8-15(13)20-16(18)22/h2-9H,10-11H2,1H3,(H,20,22)(H,23,24). The van der Waals surface area contributed by atoms with Gasteiger partial charge in [0.2, 0.25) is 0 Å². The molecule has 0 radical (unpaired) electrons. The molecule has 1 atom stereocenters. The minimum Gasteiger partial charge on any atom is -0.465 e. The highest BCUT2D eigenvalue weighted by molar-refractivity contribution is 9.10. The lowest BCUT2D eigenvalue weighted by atomic mass is 9.85. The molecule has 0 bridgehead atoms. The highest BCUT2D eigenvalue weighted by Gasteiger charge is 2.45. The van der Waals surface area contributed by atoms with Gasteiger partial charge in [-0.15, -0.1) is 0 Å². The van der Waals surface area contributed by atoms with E-state index in [2.05, 4.69) is 21.2 Å². The molecule has 24 heavy (non-hydrogen) atoms. The Morgan fingerprint density at radius 3 is 2.67 bits per heavy atom. The van der Waals surface area contributed by atoms with E-state index >= 15 is 0 Å². The Morgan fingerprint density at radius 1 is 1.29 bits per heavy atom. The molecule has 1 unspecified atom stereocenters. The number of hydrogen-bond acceptors (Lipinski definition) is 2. The lowest BCUT2D eigenvalue weighted by Crippen LogP contribution is -2.59. The van der Waals surface area contributed by atoms with Crippen LogP contribution in [0.25, 0.3) is 0 Å². The van der Waals surface area contributed by atoms with Crippen molar-refractivity contribution in [3.63, 3.8) is 0 Å². The molecule has 0 aliphatic carbocycles. The van der Waals surface area contributed by atoms with E-state index in [0.717, 1.165) is 21.3 Å². The third-order valence-electron chi connectivity index (χ3n) is 4.35. The van der Waals surface area contributed by atoms with Crippen molar-refractivity contribution in [3.8, 4) is 0 Å². The summed E-state index contributed by atoms with van der Waals surface area (Å²) in [4.78, 5) is 25.8. The van der Waals surface area contributed by atoms with E-state index in [-0.39, 0.29) is 12.5 Å². The maximum absolute atomic E-state index is 12.7. The molecule has 2 aromatic rings. The van der Waals surface area contributed by atoms with Gasteiger partial charge >= 0.3 is 6.09 Å². The number of carbonyl (C=O) groups is 2. The van der Waals surface area contributed by atoms with Crippen LogP contribution in [0, 0.1) is 0 Å². The van der Waals surface area contributed by atoms with Gasteiger partial charge in [0.05, 0.1) is 6.54 Å². The predicted molar refractivity (Wildman–Crippen MR) is 94.9 cm³/mol. The maximum Gasteiger partial charge on any atom is 0.408 e. The minimum absolute atomic E-state index is 0.156. The van der Waals surface area contributed by atoms with E-state index in [4.69, 9.17) is 0 Å². The van der Waals surface area contributed by atoms with E-state index in [1.54, 1.807) is 6.92 Å². The summed E-state index contributed by atoms with van der Waals surface area (Å²) in [5.41, 5.74) is 1.31. The quantitative estimate of drug-likeness (QED) is 0.837. The van der Waals surface area contributed by atoms with Gasteiger partial charge in [0, 0.05) is 16.6 Å². The second-order valence-corrected chi connectivity index (χ2v) is 6.98. The molecule has 0 saturated carbocycles. The number of amides is 2. The molecule has 0 spiro atoms. The Hall–Kier alpha value is -2.34. The van der Waals surface area contributed by atoms with Crippen LogP contribution in [-0.4, -0.2) is 27.5 Å². The molecule has 1 aliphatic heterocycles. The van der Waals surface area contributed by atoms with Crippen molar-refractivity contribution in [3.05, 3.63) is 64.1 Å². The normalized spacial score (nSPS) is 19.3. The molecule has 124 valence electrons. The van der Waals surface area contributed by atoms with Crippen LogP contribution in [-0.2, 0) is 17.8 Å². The van der Waals surface area contributed by atoms with Gasteiger partial charge < -0.3 is 10.4 Å². The summed E-state index contributed by atoms with van der Waals surface area (Å²) in [6.45, 7) is 1.83. The molecule has 6 heteroatoms.